The van der Waals surface area contributed by atoms with Gasteiger partial charge in [-0.2, -0.15) is 0 Å². The number of nitrogens with two attached hydrogens (primary N) is 1. The summed E-state index contributed by atoms with van der Waals surface area (Å²) >= 11 is 1.60. The van der Waals surface area contributed by atoms with E-state index < -0.39 is 0 Å². The maximum Gasteiger partial charge on any atom is 0.183 e. The summed E-state index contributed by atoms with van der Waals surface area (Å²) in [5.74, 6) is 1.89. The SMILES string of the molecule is Cc1nnc(-c2csc(C(C)N)n2)n1C1CCCCC1. The van der Waals surface area contributed by atoms with Crippen molar-refractivity contribution in [2.75, 3.05) is 0 Å². The van der Waals surface area contributed by atoms with Crippen LogP contribution >= 0.6 is 11.3 Å². The average Bonchev–Trinajstić information content (AvgIpc) is 3.06. The van der Waals surface area contributed by atoms with Crippen LogP contribution in [0.5, 0.6) is 0 Å². The highest BCUT2D eigenvalue weighted by molar-refractivity contribution is 7.10. The molecule has 0 radical (unpaired) electrons. The zero-order chi connectivity index (χ0) is 14.1. The summed E-state index contributed by atoms with van der Waals surface area (Å²) in [6.45, 7) is 3.99. The van der Waals surface area contributed by atoms with E-state index in [1.165, 1.54) is 32.1 Å². The van der Waals surface area contributed by atoms with Crippen LogP contribution < -0.4 is 5.73 Å². The predicted molar refractivity (Wildman–Crippen MR) is 80.6 cm³/mol. The van der Waals surface area contributed by atoms with Crippen LogP contribution in [0.4, 0.5) is 0 Å². The predicted octanol–water partition coefficient (Wildman–Crippen LogP) is 3.23. The molecule has 0 aliphatic heterocycles. The zero-order valence-corrected chi connectivity index (χ0v) is 12.9. The van der Waals surface area contributed by atoms with Crippen molar-refractivity contribution in [3.05, 3.63) is 16.2 Å². The van der Waals surface area contributed by atoms with Gasteiger partial charge in [-0.25, -0.2) is 4.98 Å². The minimum absolute atomic E-state index is 0.0269. The van der Waals surface area contributed by atoms with Crippen molar-refractivity contribution in [1.29, 1.82) is 0 Å². The first-order valence-electron chi connectivity index (χ1n) is 7.29. The van der Waals surface area contributed by atoms with Gasteiger partial charge in [0.15, 0.2) is 5.82 Å². The first-order valence-corrected chi connectivity index (χ1v) is 8.17. The molecule has 1 fully saturated rings. The molecule has 0 bridgehead atoms. The minimum Gasteiger partial charge on any atom is -0.322 e. The van der Waals surface area contributed by atoms with E-state index in [9.17, 15) is 0 Å². The van der Waals surface area contributed by atoms with Gasteiger partial charge in [-0.3, -0.25) is 0 Å². The maximum absolute atomic E-state index is 5.90. The average molecular weight is 291 g/mol. The Balaban J connectivity index is 1.96. The van der Waals surface area contributed by atoms with Gasteiger partial charge in [-0.05, 0) is 26.7 Å². The van der Waals surface area contributed by atoms with Crippen LogP contribution in [0.3, 0.4) is 0 Å². The summed E-state index contributed by atoms with van der Waals surface area (Å²) in [7, 11) is 0. The molecule has 1 saturated carbocycles. The molecular formula is C14H21N5S. The third kappa shape index (κ3) is 2.50. The molecule has 0 aromatic carbocycles. The van der Waals surface area contributed by atoms with Gasteiger partial charge in [-0.15, -0.1) is 21.5 Å². The molecule has 1 aliphatic carbocycles. The van der Waals surface area contributed by atoms with Crippen LogP contribution in [0.1, 0.15) is 61.9 Å². The number of aryl methyl sites for hydroxylation is 1. The molecule has 2 aromatic rings. The molecule has 0 spiro atoms. The molecular weight excluding hydrogens is 270 g/mol. The summed E-state index contributed by atoms with van der Waals surface area (Å²) < 4.78 is 2.28. The van der Waals surface area contributed by atoms with Crippen molar-refractivity contribution < 1.29 is 0 Å². The van der Waals surface area contributed by atoms with Gasteiger partial charge in [0.2, 0.25) is 0 Å². The Labute approximate surface area is 123 Å². The fraction of sp³-hybridized carbons (Fsp3) is 0.643. The second-order valence-electron chi connectivity index (χ2n) is 5.59. The van der Waals surface area contributed by atoms with Gasteiger partial charge in [0.05, 0.1) is 6.04 Å². The van der Waals surface area contributed by atoms with Crippen molar-refractivity contribution in [2.24, 2.45) is 5.73 Å². The molecule has 20 heavy (non-hydrogen) atoms. The van der Waals surface area contributed by atoms with Crippen molar-refractivity contribution in [3.8, 4) is 11.5 Å². The highest BCUT2D eigenvalue weighted by Gasteiger charge is 2.23. The van der Waals surface area contributed by atoms with Crippen LogP contribution in [0.15, 0.2) is 5.38 Å². The molecule has 2 N–H and O–H groups in total. The normalized spacial score (nSPS) is 18.4. The summed E-state index contributed by atoms with van der Waals surface area (Å²) in [6.07, 6.45) is 6.37. The lowest BCUT2D eigenvalue weighted by molar-refractivity contribution is 0.350. The van der Waals surface area contributed by atoms with E-state index in [4.69, 9.17) is 5.73 Å². The summed E-state index contributed by atoms with van der Waals surface area (Å²) in [4.78, 5) is 4.62. The van der Waals surface area contributed by atoms with Gasteiger partial charge in [0.25, 0.3) is 0 Å². The second-order valence-corrected chi connectivity index (χ2v) is 6.48. The standard InChI is InChI=1S/C14H21N5S/c1-9(15)14-16-12(8-20-14)13-18-17-10(2)19(13)11-6-4-3-5-7-11/h8-9,11H,3-7,15H2,1-2H3. The molecule has 1 unspecified atom stereocenters. The van der Waals surface area contributed by atoms with Crippen LogP contribution in [-0.4, -0.2) is 19.7 Å². The number of aromatic nitrogens is 4. The summed E-state index contributed by atoms with van der Waals surface area (Å²) in [5, 5.41) is 11.6. The van der Waals surface area contributed by atoms with Gasteiger partial charge in [0.1, 0.15) is 16.5 Å². The molecule has 5 nitrogen and oxygen atoms in total. The second kappa shape index (κ2) is 5.61. The third-order valence-electron chi connectivity index (χ3n) is 3.95. The Morgan fingerprint density at radius 3 is 2.70 bits per heavy atom. The topological polar surface area (TPSA) is 69.6 Å². The van der Waals surface area contributed by atoms with Crippen molar-refractivity contribution in [2.45, 2.75) is 58.0 Å². The number of rotatable bonds is 3. The van der Waals surface area contributed by atoms with Crippen LogP contribution in [-0.2, 0) is 0 Å². The number of nitrogens with zero attached hydrogens (tertiary/aromatic N) is 4. The first-order chi connectivity index (χ1) is 9.66. The van der Waals surface area contributed by atoms with Gasteiger partial charge in [-0.1, -0.05) is 19.3 Å². The molecule has 2 aromatic heterocycles. The summed E-state index contributed by atoms with van der Waals surface area (Å²) in [5.41, 5.74) is 6.81. The molecule has 0 saturated heterocycles. The van der Waals surface area contributed by atoms with E-state index in [2.05, 4.69) is 19.7 Å². The Bertz CT molecular complexity index is 580. The van der Waals surface area contributed by atoms with E-state index in [1.807, 2.05) is 19.2 Å². The molecule has 108 valence electrons. The van der Waals surface area contributed by atoms with Crippen molar-refractivity contribution in [1.82, 2.24) is 19.7 Å². The third-order valence-corrected chi connectivity index (χ3v) is 4.99. The lowest BCUT2D eigenvalue weighted by atomic mass is 9.95. The lowest BCUT2D eigenvalue weighted by Gasteiger charge is -2.24. The van der Waals surface area contributed by atoms with Crippen LogP contribution in [0.2, 0.25) is 0 Å². The number of hydrogen-bond acceptors (Lipinski definition) is 5. The molecule has 0 amide bonds. The first kappa shape index (κ1) is 13.7. The fourth-order valence-corrected chi connectivity index (χ4v) is 3.68. The summed E-state index contributed by atoms with van der Waals surface area (Å²) in [6, 6.07) is 0.495. The number of thiazole rings is 1. The minimum atomic E-state index is -0.0269. The highest BCUT2D eigenvalue weighted by Crippen LogP contribution is 2.33. The quantitative estimate of drug-likeness (QED) is 0.942. The molecule has 1 aliphatic rings. The van der Waals surface area contributed by atoms with Crippen LogP contribution in [0, 0.1) is 6.92 Å². The van der Waals surface area contributed by atoms with Crippen molar-refractivity contribution in [3.63, 3.8) is 0 Å². The van der Waals surface area contributed by atoms with Gasteiger partial charge >= 0.3 is 0 Å². The Hall–Kier alpha value is -1.27. The molecule has 1 atom stereocenters. The zero-order valence-electron chi connectivity index (χ0n) is 12.0. The molecule has 2 heterocycles. The van der Waals surface area contributed by atoms with E-state index >= 15 is 0 Å². The van der Waals surface area contributed by atoms with E-state index in [1.54, 1.807) is 11.3 Å². The maximum atomic E-state index is 5.90. The van der Waals surface area contributed by atoms with E-state index in [0.29, 0.717) is 6.04 Å². The lowest BCUT2D eigenvalue weighted by Crippen LogP contribution is -2.15. The largest absolute Gasteiger partial charge is 0.322 e. The van der Waals surface area contributed by atoms with E-state index in [-0.39, 0.29) is 6.04 Å². The molecule has 3 rings (SSSR count). The molecule has 6 heteroatoms. The van der Waals surface area contributed by atoms with Crippen molar-refractivity contribution >= 4 is 11.3 Å². The van der Waals surface area contributed by atoms with Gasteiger partial charge < -0.3 is 10.3 Å². The van der Waals surface area contributed by atoms with Gasteiger partial charge in [0, 0.05) is 11.4 Å². The Kier molecular flexibility index (Phi) is 3.85. The Morgan fingerprint density at radius 1 is 1.30 bits per heavy atom. The fourth-order valence-electron chi connectivity index (χ4n) is 2.92. The number of hydrogen-bond donors (Lipinski definition) is 1. The van der Waals surface area contributed by atoms with E-state index in [0.717, 1.165) is 22.4 Å². The monoisotopic (exact) mass is 291 g/mol. The highest BCUT2D eigenvalue weighted by atomic mass is 32.1. The van der Waals surface area contributed by atoms with Crippen LogP contribution in [0.25, 0.3) is 11.5 Å². The Morgan fingerprint density at radius 2 is 2.05 bits per heavy atom. The smallest absolute Gasteiger partial charge is 0.183 e.